The van der Waals surface area contributed by atoms with Crippen LogP contribution in [-0.2, 0) is 12.8 Å². The van der Waals surface area contributed by atoms with Crippen LogP contribution in [0.15, 0.2) is 18.2 Å². The Labute approximate surface area is 116 Å². The minimum absolute atomic E-state index is 0.860. The van der Waals surface area contributed by atoms with Crippen LogP contribution in [0.5, 0.6) is 5.75 Å². The summed E-state index contributed by atoms with van der Waals surface area (Å²) in [5, 5.41) is 0. The quantitative estimate of drug-likeness (QED) is 0.826. The van der Waals surface area contributed by atoms with Gasteiger partial charge >= 0.3 is 0 Å². The number of fused-ring (bicyclic) bond motifs is 1. The summed E-state index contributed by atoms with van der Waals surface area (Å²) in [6.07, 6.45) is 8.07. The molecular formula is C17H25NO. The van der Waals surface area contributed by atoms with Crippen molar-refractivity contribution in [3.8, 4) is 5.75 Å². The Morgan fingerprint density at radius 2 is 2.00 bits per heavy atom. The van der Waals surface area contributed by atoms with Crippen LogP contribution in [-0.4, -0.2) is 31.6 Å². The summed E-state index contributed by atoms with van der Waals surface area (Å²) < 4.78 is 5.32. The van der Waals surface area contributed by atoms with E-state index in [0.717, 1.165) is 11.7 Å². The summed E-state index contributed by atoms with van der Waals surface area (Å²) in [7, 11) is 1.75. The summed E-state index contributed by atoms with van der Waals surface area (Å²) >= 11 is 0. The van der Waals surface area contributed by atoms with Crippen molar-refractivity contribution < 1.29 is 4.74 Å². The fourth-order valence-corrected chi connectivity index (χ4v) is 3.60. The Kier molecular flexibility index (Phi) is 4.07. The molecule has 0 spiro atoms. The topological polar surface area (TPSA) is 12.5 Å². The van der Waals surface area contributed by atoms with Gasteiger partial charge in [0.1, 0.15) is 5.75 Å². The Balaban J connectivity index is 1.61. The highest BCUT2D eigenvalue weighted by atomic mass is 16.5. The molecule has 1 aliphatic carbocycles. The van der Waals surface area contributed by atoms with Gasteiger partial charge in [0.2, 0.25) is 0 Å². The molecular weight excluding hydrogens is 234 g/mol. The number of benzene rings is 1. The molecule has 1 aliphatic heterocycles. The van der Waals surface area contributed by atoms with Crippen LogP contribution in [0, 0.1) is 5.92 Å². The zero-order valence-electron chi connectivity index (χ0n) is 12.0. The van der Waals surface area contributed by atoms with Crippen molar-refractivity contribution in [2.75, 3.05) is 26.7 Å². The maximum Gasteiger partial charge on any atom is 0.119 e. The molecule has 2 heteroatoms. The highest BCUT2D eigenvalue weighted by Gasteiger charge is 2.22. The Morgan fingerprint density at radius 3 is 2.79 bits per heavy atom. The predicted molar refractivity (Wildman–Crippen MR) is 78.8 cm³/mol. The lowest BCUT2D eigenvalue weighted by Gasteiger charge is -2.33. The van der Waals surface area contributed by atoms with E-state index >= 15 is 0 Å². The van der Waals surface area contributed by atoms with Crippen LogP contribution in [0.1, 0.15) is 36.8 Å². The SMILES string of the molecule is COc1ccc2c(c1)CCC(CN1CCCCC1)C2. The van der Waals surface area contributed by atoms with E-state index in [1.165, 1.54) is 63.7 Å². The lowest BCUT2D eigenvalue weighted by molar-refractivity contribution is 0.187. The molecule has 1 saturated heterocycles. The van der Waals surface area contributed by atoms with Crippen LogP contribution >= 0.6 is 0 Å². The first-order chi connectivity index (χ1) is 9.35. The second-order valence-electron chi connectivity index (χ2n) is 6.10. The molecule has 0 amide bonds. The smallest absolute Gasteiger partial charge is 0.119 e. The number of piperidine rings is 1. The van der Waals surface area contributed by atoms with Crippen molar-refractivity contribution in [2.24, 2.45) is 5.92 Å². The van der Waals surface area contributed by atoms with Gasteiger partial charge in [0.15, 0.2) is 0 Å². The molecule has 0 saturated carbocycles. The maximum absolute atomic E-state index is 5.32. The Bertz CT molecular complexity index is 423. The number of likely N-dealkylation sites (tertiary alicyclic amines) is 1. The fourth-order valence-electron chi connectivity index (χ4n) is 3.60. The molecule has 19 heavy (non-hydrogen) atoms. The lowest BCUT2D eigenvalue weighted by atomic mass is 9.83. The summed E-state index contributed by atoms with van der Waals surface area (Å²) in [6.45, 7) is 3.96. The van der Waals surface area contributed by atoms with E-state index < -0.39 is 0 Å². The first-order valence-electron chi connectivity index (χ1n) is 7.73. The monoisotopic (exact) mass is 259 g/mol. The normalized spacial score (nSPS) is 23.9. The summed E-state index contributed by atoms with van der Waals surface area (Å²) in [4.78, 5) is 2.68. The predicted octanol–water partition coefficient (Wildman–Crippen LogP) is 3.29. The average Bonchev–Trinajstić information content (AvgIpc) is 2.48. The van der Waals surface area contributed by atoms with Gasteiger partial charge in [0.05, 0.1) is 7.11 Å². The fraction of sp³-hybridized carbons (Fsp3) is 0.647. The third-order valence-electron chi connectivity index (χ3n) is 4.71. The molecule has 3 rings (SSSR count). The zero-order chi connectivity index (χ0) is 13.1. The molecule has 1 aromatic rings. The van der Waals surface area contributed by atoms with Gasteiger partial charge in [0, 0.05) is 6.54 Å². The molecule has 2 aliphatic rings. The Hall–Kier alpha value is -1.02. The van der Waals surface area contributed by atoms with Crippen molar-refractivity contribution in [1.82, 2.24) is 4.90 Å². The molecule has 2 nitrogen and oxygen atoms in total. The number of nitrogens with zero attached hydrogens (tertiary/aromatic N) is 1. The van der Waals surface area contributed by atoms with E-state index in [1.54, 1.807) is 12.7 Å². The number of hydrogen-bond donors (Lipinski definition) is 0. The lowest BCUT2D eigenvalue weighted by Crippen LogP contribution is -2.36. The number of aryl methyl sites for hydroxylation is 1. The molecule has 0 bridgehead atoms. The first kappa shape index (κ1) is 13.0. The average molecular weight is 259 g/mol. The second-order valence-corrected chi connectivity index (χ2v) is 6.10. The molecule has 0 N–H and O–H groups in total. The molecule has 0 radical (unpaired) electrons. The van der Waals surface area contributed by atoms with E-state index in [0.29, 0.717) is 0 Å². The van der Waals surface area contributed by atoms with Gasteiger partial charge in [-0.3, -0.25) is 0 Å². The highest BCUT2D eigenvalue weighted by Crippen LogP contribution is 2.29. The van der Waals surface area contributed by atoms with Crippen LogP contribution in [0.3, 0.4) is 0 Å². The van der Waals surface area contributed by atoms with Crippen LogP contribution in [0.4, 0.5) is 0 Å². The van der Waals surface area contributed by atoms with Gasteiger partial charge < -0.3 is 9.64 Å². The van der Waals surface area contributed by atoms with Crippen molar-refractivity contribution in [3.63, 3.8) is 0 Å². The van der Waals surface area contributed by atoms with Gasteiger partial charge in [-0.2, -0.15) is 0 Å². The number of methoxy groups -OCH3 is 1. The number of rotatable bonds is 3. The summed E-state index contributed by atoms with van der Waals surface area (Å²) in [5.74, 6) is 1.87. The maximum atomic E-state index is 5.32. The molecule has 1 fully saturated rings. The second kappa shape index (κ2) is 5.96. The van der Waals surface area contributed by atoms with Crippen molar-refractivity contribution in [3.05, 3.63) is 29.3 Å². The molecule has 1 aromatic carbocycles. The molecule has 1 unspecified atom stereocenters. The van der Waals surface area contributed by atoms with Crippen LogP contribution < -0.4 is 4.74 Å². The third-order valence-corrected chi connectivity index (χ3v) is 4.71. The summed E-state index contributed by atoms with van der Waals surface area (Å²) in [5.41, 5.74) is 3.06. The van der Waals surface area contributed by atoms with Gasteiger partial charge in [-0.1, -0.05) is 12.5 Å². The van der Waals surface area contributed by atoms with E-state index in [1.807, 2.05) is 0 Å². The third kappa shape index (κ3) is 3.11. The van der Waals surface area contributed by atoms with E-state index in [9.17, 15) is 0 Å². The number of hydrogen-bond acceptors (Lipinski definition) is 2. The Morgan fingerprint density at radius 1 is 1.16 bits per heavy atom. The van der Waals surface area contributed by atoms with Crippen molar-refractivity contribution >= 4 is 0 Å². The molecule has 104 valence electrons. The first-order valence-corrected chi connectivity index (χ1v) is 7.73. The zero-order valence-corrected chi connectivity index (χ0v) is 12.0. The van der Waals surface area contributed by atoms with E-state index in [2.05, 4.69) is 23.1 Å². The minimum Gasteiger partial charge on any atom is -0.497 e. The van der Waals surface area contributed by atoms with Crippen LogP contribution in [0.25, 0.3) is 0 Å². The molecule has 1 heterocycles. The highest BCUT2D eigenvalue weighted by molar-refractivity contribution is 5.37. The van der Waals surface area contributed by atoms with Crippen molar-refractivity contribution in [2.45, 2.75) is 38.5 Å². The van der Waals surface area contributed by atoms with Gasteiger partial charge in [-0.15, -0.1) is 0 Å². The molecule has 0 aromatic heterocycles. The van der Waals surface area contributed by atoms with E-state index in [-0.39, 0.29) is 0 Å². The van der Waals surface area contributed by atoms with Gasteiger partial charge in [0.25, 0.3) is 0 Å². The minimum atomic E-state index is 0.860. The van der Waals surface area contributed by atoms with E-state index in [4.69, 9.17) is 4.74 Å². The van der Waals surface area contributed by atoms with Crippen LogP contribution in [0.2, 0.25) is 0 Å². The van der Waals surface area contributed by atoms with Crippen molar-refractivity contribution in [1.29, 1.82) is 0 Å². The van der Waals surface area contributed by atoms with Gasteiger partial charge in [-0.05, 0) is 74.4 Å². The largest absolute Gasteiger partial charge is 0.497 e. The molecule has 1 atom stereocenters. The standard InChI is InChI=1S/C17H25NO/c1-19-17-8-7-15-11-14(5-6-16(15)12-17)13-18-9-3-2-4-10-18/h7-8,12,14H,2-6,9-11,13H2,1H3. The van der Waals surface area contributed by atoms with Gasteiger partial charge in [-0.25, -0.2) is 0 Å². The number of ether oxygens (including phenoxy) is 1. The summed E-state index contributed by atoms with van der Waals surface area (Å²) in [6, 6.07) is 6.62.